The van der Waals surface area contributed by atoms with E-state index < -0.39 is 5.91 Å². The number of aromatic nitrogens is 4. The molecule has 2 N–H and O–H groups in total. The second-order valence-corrected chi connectivity index (χ2v) is 7.71. The van der Waals surface area contributed by atoms with E-state index in [4.69, 9.17) is 14.9 Å². The summed E-state index contributed by atoms with van der Waals surface area (Å²) in [7, 11) is 1.64. The predicted molar refractivity (Wildman–Crippen MR) is 113 cm³/mol. The Morgan fingerprint density at radius 3 is 2.58 bits per heavy atom. The standard InChI is InChI=1S/C23H21N5O3/c1-14-20(28-13-17(31-2)7-8-19(28)25-14)18-9-12-24-22(26-18)23(10-11-23)16-5-3-15(4-6-16)21(29)27-30/h3-9,12-13,30H,10-11H2,1-2H3,(H,27,29). The lowest BCUT2D eigenvalue weighted by molar-refractivity contribution is 0.0706. The van der Waals surface area contributed by atoms with E-state index >= 15 is 0 Å². The number of hydrogen-bond donors (Lipinski definition) is 2. The highest BCUT2D eigenvalue weighted by Crippen LogP contribution is 2.52. The van der Waals surface area contributed by atoms with Gasteiger partial charge in [-0.05, 0) is 55.7 Å². The lowest BCUT2D eigenvalue weighted by Gasteiger charge is -2.16. The van der Waals surface area contributed by atoms with E-state index in [-0.39, 0.29) is 5.41 Å². The van der Waals surface area contributed by atoms with Gasteiger partial charge in [-0.1, -0.05) is 12.1 Å². The molecule has 1 aromatic carbocycles. The number of ether oxygens (including phenoxy) is 1. The van der Waals surface area contributed by atoms with Crippen LogP contribution in [0.5, 0.6) is 5.75 Å². The molecule has 1 saturated carbocycles. The molecule has 31 heavy (non-hydrogen) atoms. The number of hydrogen-bond acceptors (Lipinski definition) is 6. The Labute approximate surface area is 178 Å². The third-order valence-electron chi connectivity index (χ3n) is 5.88. The maximum Gasteiger partial charge on any atom is 0.274 e. The van der Waals surface area contributed by atoms with Gasteiger partial charge in [-0.15, -0.1) is 0 Å². The van der Waals surface area contributed by atoms with Crippen LogP contribution >= 0.6 is 0 Å². The van der Waals surface area contributed by atoms with Gasteiger partial charge in [0.25, 0.3) is 5.91 Å². The summed E-state index contributed by atoms with van der Waals surface area (Å²) in [6.07, 6.45) is 5.55. The Kier molecular flexibility index (Phi) is 4.44. The molecule has 0 saturated heterocycles. The van der Waals surface area contributed by atoms with Crippen molar-refractivity contribution in [3.8, 4) is 17.1 Å². The number of amides is 1. The molecule has 8 nitrogen and oxygen atoms in total. The lowest BCUT2D eigenvalue weighted by atomic mass is 9.93. The van der Waals surface area contributed by atoms with Crippen LogP contribution in [0.1, 0.15) is 40.3 Å². The molecule has 5 rings (SSSR count). The van der Waals surface area contributed by atoms with Crippen molar-refractivity contribution in [2.24, 2.45) is 0 Å². The molecule has 3 aromatic heterocycles. The molecule has 0 atom stereocenters. The highest BCUT2D eigenvalue weighted by molar-refractivity contribution is 5.93. The van der Waals surface area contributed by atoms with Crippen molar-refractivity contribution >= 4 is 11.6 Å². The van der Waals surface area contributed by atoms with E-state index in [2.05, 4.69) is 9.97 Å². The van der Waals surface area contributed by atoms with Gasteiger partial charge >= 0.3 is 0 Å². The first-order valence-electron chi connectivity index (χ1n) is 9.97. The number of methoxy groups -OCH3 is 1. The number of nitrogens with zero attached hydrogens (tertiary/aromatic N) is 4. The molecule has 1 fully saturated rings. The SMILES string of the molecule is COc1ccc2nc(C)c(-c3ccnc(C4(c5ccc(C(=O)NO)cc5)CC4)n3)n2c1. The minimum absolute atomic E-state index is 0.268. The van der Waals surface area contributed by atoms with Crippen LogP contribution in [0, 0.1) is 6.92 Å². The van der Waals surface area contributed by atoms with Crippen LogP contribution in [0.4, 0.5) is 0 Å². The monoisotopic (exact) mass is 415 g/mol. The molecule has 0 bridgehead atoms. The Balaban J connectivity index is 1.56. The smallest absolute Gasteiger partial charge is 0.274 e. The summed E-state index contributed by atoms with van der Waals surface area (Å²) < 4.78 is 7.37. The molecule has 3 heterocycles. The number of fused-ring (bicyclic) bond motifs is 1. The zero-order chi connectivity index (χ0) is 21.6. The number of nitrogens with one attached hydrogen (secondary N) is 1. The molecule has 1 aliphatic rings. The van der Waals surface area contributed by atoms with Gasteiger partial charge in [0.2, 0.25) is 0 Å². The van der Waals surface area contributed by atoms with Gasteiger partial charge in [0.15, 0.2) is 0 Å². The zero-order valence-corrected chi connectivity index (χ0v) is 17.2. The zero-order valence-electron chi connectivity index (χ0n) is 17.2. The second kappa shape index (κ2) is 7.17. The third-order valence-corrected chi connectivity index (χ3v) is 5.88. The third kappa shape index (κ3) is 3.12. The minimum Gasteiger partial charge on any atom is -0.495 e. The fourth-order valence-corrected chi connectivity index (χ4v) is 4.06. The van der Waals surface area contributed by atoms with Gasteiger partial charge in [0, 0.05) is 11.8 Å². The van der Waals surface area contributed by atoms with Crippen molar-refractivity contribution in [1.82, 2.24) is 24.8 Å². The van der Waals surface area contributed by atoms with Crippen molar-refractivity contribution in [2.45, 2.75) is 25.2 Å². The van der Waals surface area contributed by atoms with E-state index in [1.165, 1.54) is 0 Å². The van der Waals surface area contributed by atoms with E-state index in [1.807, 2.05) is 47.9 Å². The molecular formula is C23H21N5O3. The van der Waals surface area contributed by atoms with Crippen LogP contribution in [0.3, 0.4) is 0 Å². The maximum absolute atomic E-state index is 11.6. The quantitative estimate of drug-likeness (QED) is 0.383. The van der Waals surface area contributed by atoms with Crippen LogP contribution in [-0.4, -0.2) is 37.6 Å². The molecule has 0 spiro atoms. The molecule has 8 heteroatoms. The minimum atomic E-state index is -0.534. The number of imidazole rings is 1. The number of benzene rings is 1. The predicted octanol–water partition coefficient (Wildman–Crippen LogP) is 3.31. The van der Waals surface area contributed by atoms with Gasteiger partial charge in [0.05, 0.1) is 35.8 Å². The van der Waals surface area contributed by atoms with Crippen LogP contribution in [-0.2, 0) is 5.41 Å². The highest BCUT2D eigenvalue weighted by atomic mass is 16.5. The van der Waals surface area contributed by atoms with Gasteiger partial charge in [0.1, 0.15) is 17.2 Å². The first-order valence-corrected chi connectivity index (χ1v) is 9.97. The van der Waals surface area contributed by atoms with Crippen LogP contribution < -0.4 is 10.2 Å². The number of carbonyl (C=O) groups is 1. The molecular weight excluding hydrogens is 394 g/mol. The van der Waals surface area contributed by atoms with Crippen molar-refractivity contribution in [1.29, 1.82) is 0 Å². The Bertz CT molecular complexity index is 1290. The van der Waals surface area contributed by atoms with E-state index in [0.717, 1.165) is 52.7 Å². The van der Waals surface area contributed by atoms with Gasteiger partial charge in [-0.2, -0.15) is 0 Å². The summed E-state index contributed by atoms with van der Waals surface area (Å²) in [6.45, 7) is 1.97. The van der Waals surface area contributed by atoms with Gasteiger partial charge in [-0.25, -0.2) is 20.4 Å². The first kappa shape index (κ1) is 19.2. The maximum atomic E-state index is 11.6. The fraction of sp³-hybridized carbons (Fsp3) is 0.217. The highest BCUT2D eigenvalue weighted by Gasteiger charge is 2.48. The van der Waals surface area contributed by atoms with Crippen LogP contribution in [0.15, 0.2) is 54.9 Å². The summed E-state index contributed by atoms with van der Waals surface area (Å²) >= 11 is 0. The van der Waals surface area contributed by atoms with Crippen molar-refractivity contribution in [3.05, 3.63) is 77.5 Å². The number of rotatable bonds is 5. The number of pyridine rings is 1. The Morgan fingerprint density at radius 1 is 1.13 bits per heavy atom. The van der Waals surface area contributed by atoms with Crippen molar-refractivity contribution in [2.75, 3.05) is 7.11 Å². The topological polar surface area (TPSA) is 102 Å². The van der Waals surface area contributed by atoms with Crippen LogP contribution in [0.25, 0.3) is 17.0 Å². The molecule has 1 amide bonds. The number of carbonyl (C=O) groups excluding carboxylic acids is 1. The average molecular weight is 415 g/mol. The summed E-state index contributed by atoms with van der Waals surface area (Å²) in [4.78, 5) is 25.8. The molecule has 1 aliphatic carbocycles. The number of aryl methyl sites for hydroxylation is 1. The second-order valence-electron chi connectivity index (χ2n) is 7.71. The van der Waals surface area contributed by atoms with Gasteiger partial charge in [-0.3, -0.25) is 14.4 Å². The summed E-state index contributed by atoms with van der Waals surface area (Å²) in [5, 5.41) is 8.82. The normalized spacial score (nSPS) is 14.4. The van der Waals surface area contributed by atoms with E-state index in [1.54, 1.807) is 30.9 Å². The average Bonchev–Trinajstić information content (AvgIpc) is 3.55. The summed E-state index contributed by atoms with van der Waals surface area (Å²) in [5.41, 5.74) is 6.24. The molecule has 4 aromatic rings. The van der Waals surface area contributed by atoms with Crippen molar-refractivity contribution in [3.63, 3.8) is 0 Å². The Morgan fingerprint density at radius 2 is 1.90 bits per heavy atom. The van der Waals surface area contributed by atoms with Crippen LogP contribution in [0.2, 0.25) is 0 Å². The van der Waals surface area contributed by atoms with E-state index in [0.29, 0.717) is 5.56 Å². The van der Waals surface area contributed by atoms with Crippen molar-refractivity contribution < 1.29 is 14.7 Å². The largest absolute Gasteiger partial charge is 0.495 e. The lowest BCUT2D eigenvalue weighted by Crippen LogP contribution is -2.19. The molecule has 0 aliphatic heterocycles. The van der Waals surface area contributed by atoms with E-state index in [9.17, 15) is 4.79 Å². The number of hydroxylamine groups is 1. The summed E-state index contributed by atoms with van der Waals surface area (Å²) in [5.74, 6) is 0.959. The molecule has 0 radical (unpaired) electrons. The Hall–Kier alpha value is -3.78. The van der Waals surface area contributed by atoms with Gasteiger partial charge < -0.3 is 4.74 Å². The molecule has 0 unspecified atom stereocenters. The summed E-state index contributed by atoms with van der Waals surface area (Å²) in [6, 6.07) is 12.9. The fourth-order valence-electron chi connectivity index (χ4n) is 4.06. The molecule has 156 valence electrons. The first-order chi connectivity index (χ1) is 15.1.